The Morgan fingerprint density at radius 1 is 1.24 bits per heavy atom. The number of anilines is 2. The van der Waals surface area contributed by atoms with Crippen LogP contribution < -0.4 is 10.2 Å². The fourth-order valence-corrected chi connectivity index (χ4v) is 4.33. The van der Waals surface area contributed by atoms with E-state index in [1.54, 1.807) is 11.3 Å². The summed E-state index contributed by atoms with van der Waals surface area (Å²) >= 11 is 3.83. The van der Waals surface area contributed by atoms with Gasteiger partial charge >= 0.3 is 0 Å². The van der Waals surface area contributed by atoms with Crippen LogP contribution in [0.3, 0.4) is 0 Å². The summed E-state index contributed by atoms with van der Waals surface area (Å²) in [6, 6.07) is 2.28. The standard InChI is InChI=1S/C15H22N4S2/c1-3-5-16-15-17-13(19-6-8-20-9-7-19)12-10-11(4-2)21-14(12)18-15/h10H,3-9H2,1-2H3,(H,16,17,18). The van der Waals surface area contributed by atoms with Crippen molar-refractivity contribution in [2.45, 2.75) is 26.7 Å². The lowest BCUT2D eigenvalue weighted by molar-refractivity contribution is 0.841. The second-order valence-electron chi connectivity index (χ2n) is 5.18. The van der Waals surface area contributed by atoms with E-state index in [1.807, 2.05) is 11.8 Å². The van der Waals surface area contributed by atoms with Gasteiger partial charge in [-0.3, -0.25) is 0 Å². The zero-order valence-corrected chi connectivity index (χ0v) is 14.3. The van der Waals surface area contributed by atoms with Crippen LogP contribution >= 0.6 is 23.1 Å². The number of hydrogen-bond acceptors (Lipinski definition) is 6. The summed E-state index contributed by atoms with van der Waals surface area (Å²) in [5, 5.41) is 4.57. The summed E-state index contributed by atoms with van der Waals surface area (Å²) in [7, 11) is 0. The lowest BCUT2D eigenvalue weighted by atomic mass is 10.3. The maximum absolute atomic E-state index is 4.81. The van der Waals surface area contributed by atoms with Gasteiger partial charge in [-0.1, -0.05) is 13.8 Å². The Morgan fingerprint density at radius 3 is 2.76 bits per heavy atom. The van der Waals surface area contributed by atoms with E-state index in [1.165, 1.54) is 21.8 Å². The molecule has 3 rings (SSSR count). The highest BCUT2D eigenvalue weighted by molar-refractivity contribution is 7.99. The first kappa shape index (κ1) is 14.9. The van der Waals surface area contributed by atoms with E-state index in [-0.39, 0.29) is 0 Å². The van der Waals surface area contributed by atoms with Gasteiger partial charge in [0.15, 0.2) is 0 Å². The molecule has 0 unspecified atom stereocenters. The van der Waals surface area contributed by atoms with Gasteiger partial charge < -0.3 is 10.2 Å². The summed E-state index contributed by atoms with van der Waals surface area (Å²) in [4.78, 5) is 14.4. The molecule has 0 saturated carbocycles. The second kappa shape index (κ2) is 6.83. The molecule has 2 aromatic rings. The van der Waals surface area contributed by atoms with Crippen molar-refractivity contribution in [3.05, 3.63) is 10.9 Å². The smallest absolute Gasteiger partial charge is 0.226 e. The van der Waals surface area contributed by atoms with E-state index in [0.29, 0.717) is 0 Å². The van der Waals surface area contributed by atoms with Crippen molar-refractivity contribution >= 4 is 45.1 Å². The van der Waals surface area contributed by atoms with Crippen molar-refractivity contribution in [1.29, 1.82) is 0 Å². The van der Waals surface area contributed by atoms with Gasteiger partial charge in [-0.15, -0.1) is 11.3 Å². The highest BCUT2D eigenvalue weighted by Gasteiger charge is 2.18. The molecule has 0 radical (unpaired) electrons. The van der Waals surface area contributed by atoms with E-state index < -0.39 is 0 Å². The van der Waals surface area contributed by atoms with Crippen LogP contribution in [0.2, 0.25) is 0 Å². The van der Waals surface area contributed by atoms with E-state index in [2.05, 4.69) is 30.1 Å². The maximum Gasteiger partial charge on any atom is 0.226 e. The van der Waals surface area contributed by atoms with Crippen LogP contribution in [-0.2, 0) is 6.42 Å². The summed E-state index contributed by atoms with van der Waals surface area (Å²) in [6.45, 7) is 7.45. The van der Waals surface area contributed by atoms with E-state index in [0.717, 1.165) is 49.1 Å². The molecule has 1 fully saturated rings. The van der Waals surface area contributed by atoms with Gasteiger partial charge in [-0.2, -0.15) is 16.7 Å². The van der Waals surface area contributed by atoms with Gasteiger partial charge in [0, 0.05) is 36.0 Å². The van der Waals surface area contributed by atoms with Crippen LogP contribution in [0.1, 0.15) is 25.1 Å². The number of nitrogens with one attached hydrogen (secondary N) is 1. The summed E-state index contributed by atoms with van der Waals surface area (Å²) in [5.41, 5.74) is 0. The lowest BCUT2D eigenvalue weighted by Gasteiger charge is -2.28. The second-order valence-corrected chi connectivity index (χ2v) is 7.52. The first-order chi connectivity index (χ1) is 10.3. The fraction of sp³-hybridized carbons (Fsp3) is 0.600. The molecule has 0 aliphatic carbocycles. The molecular formula is C15H22N4S2. The monoisotopic (exact) mass is 322 g/mol. The largest absolute Gasteiger partial charge is 0.354 e. The number of nitrogens with zero attached hydrogens (tertiary/aromatic N) is 3. The SMILES string of the molecule is CCCNc1nc(N2CCSCC2)c2cc(CC)sc2n1. The topological polar surface area (TPSA) is 41.1 Å². The summed E-state index contributed by atoms with van der Waals surface area (Å²) < 4.78 is 0. The highest BCUT2D eigenvalue weighted by atomic mass is 32.2. The Bertz CT molecular complexity index is 605. The number of thioether (sulfide) groups is 1. The zero-order valence-electron chi connectivity index (χ0n) is 12.7. The minimum Gasteiger partial charge on any atom is -0.354 e. The van der Waals surface area contributed by atoms with Gasteiger partial charge in [0.05, 0.1) is 5.39 Å². The quantitative estimate of drug-likeness (QED) is 0.910. The van der Waals surface area contributed by atoms with Crippen molar-refractivity contribution in [2.75, 3.05) is 41.4 Å². The van der Waals surface area contributed by atoms with E-state index >= 15 is 0 Å². The van der Waals surface area contributed by atoms with Crippen LogP contribution in [0.15, 0.2) is 6.07 Å². The molecule has 114 valence electrons. The predicted octanol–water partition coefficient (Wildman–Crippen LogP) is 3.63. The van der Waals surface area contributed by atoms with Gasteiger partial charge in [-0.05, 0) is 18.9 Å². The van der Waals surface area contributed by atoms with E-state index in [9.17, 15) is 0 Å². The molecule has 3 heterocycles. The Hall–Kier alpha value is -1.01. The summed E-state index contributed by atoms with van der Waals surface area (Å²) in [6.07, 6.45) is 2.15. The number of aryl methyl sites for hydroxylation is 1. The molecular weight excluding hydrogens is 300 g/mol. The van der Waals surface area contributed by atoms with Crippen molar-refractivity contribution in [3.63, 3.8) is 0 Å². The Balaban J connectivity index is 2.02. The average molecular weight is 323 g/mol. The number of fused-ring (bicyclic) bond motifs is 1. The molecule has 21 heavy (non-hydrogen) atoms. The molecule has 6 heteroatoms. The Kier molecular flexibility index (Phi) is 4.85. The number of rotatable bonds is 5. The molecule has 0 atom stereocenters. The Labute approximate surface area is 134 Å². The third-order valence-electron chi connectivity index (χ3n) is 3.62. The molecule has 0 spiro atoms. The molecule has 0 amide bonds. The first-order valence-corrected chi connectivity index (χ1v) is 9.66. The number of aromatic nitrogens is 2. The third kappa shape index (κ3) is 3.26. The normalized spacial score (nSPS) is 15.6. The van der Waals surface area contributed by atoms with Gasteiger partial charge in [0.1, 0.15) is 10.6 Å². The molecule has 1 aliphatic heterocycles. The van der Waals surface area contributed by atoms with Crippen LogP contribution in [0.5, 0.6) is 0 Å². The molecule has 2 aromatic heterocycles. The maximum atomic E-state index is 4.81. The molecule has 0 bridgehead atoms. The van der Waals surface area contributed by atoms with Gasteiger partial charge in [0.25, 0.3) is 0 Å². The zero-order chi connectivity index (χ0) is 14.7. The molecule has 1 N–H and O–H groups in total. The number of thiophene rings is 1. The molecule has 0 aromatic carbocycles. The van der Waals surface area contributed by atoms with Gasteiger partial charge in [-0.25, -0.2) is 4.98 Å². The minimum absolute atomic E-state index is 0.780. The van der Waals surface area contributed by atoms with Crippen LogP contribution in [0.4, 0.5) is 11.8 Å². The molecule has 1 saturated heterocycles. The van der Waals surface area contributed by atoms with Crippen molar-refractivity contribution < 1.29 is 0 Å². The molecule has 4 nitrogen and oxygen atoms in total. The van der Waals surface area contributed by atoms with Crippen molar-refractivity contribution in [2.24, 2.45) is 0 Å². The van der Waals surface area contributed by atoms with Crippen LogP contribution in [0, 0.1) is 0 Å². The first-order valence-electron chi connectivity index (χ1n) is 7.68. The van der Waals surface area contributed by atoms with Crippen molar-refractivity contribution in [3.8, 4) is 0 Å². The average Bonchev–Trinajstić information content (AvgIpc) is 2.96. The fourth-order valence-electron chi connectivity index (χ4n) is 2.46. The van der Waals surface area contributed by atoms with Crippen LogP contribution in [0.25, 0.3) is 10.2 Å². The minimum atomic E-state index is 0.780. The number of hydrogen-bond donors (Lipinski definition) is 1. The van der Waals surface area contributed by atoms with Gasteiger partial charge in [0.2, 0.25) is 5.95 Å². The predicted molar refractivity (Wildman–Crippen MR) is 95.1 cm³/mol. The lowest BCUT2D eigenvalue weighted by Crippen LogP contribution is -2.33. The summed E-state index contributed by atoms with van der Waals surface area (Å²) in [5.74, 6) is 4.28. The van der Waals surface area contributed by atoms with Crippen LogP contribution in [-0.4, -0.2) is 41.1 Å². The van der Waals surface area contributed by atoms with E-state index in [4.69, 9.17) is 9.97 Å². The Morgan fingerprint density at radius 2 is 2.05 bits per heavy atom. The molecule has 1 aliphatic rings. The third-order valence-corrected chi connectivity index (χ3v) is 5.73. The highest BCUT2D eigenvalue weighted by Crippen LogP contribution is 2.33. The van der Waals surface area contributed by atoms with Crippen molar-refractivity contribution in [1.82, 2.24) is 9.97 Å².